The molecule has 1 atom stereocenters. The Labute approximate surface area is 304 Å². The highest BCUT2D eigenvalue weighted by Crippen LogP contribution is 2.62. The molecule has 0 saturated carbocycles. The molecule has 59 heavy (non-hydrogen) atoms. The van der Waals surface area contributed by atoms with Gasteiger partial charge in [-0.05, 0) is 0 Å². The zero-order valence-electron chi connectivity index (χ0n) is 26.3. The molecule has 27 heteroatoms. The second kappa shape index (κ2) is 15.8. The summed E-state index contributed by atoms with van der Waals surface area (Å²) in [6, 6.07) is 0. The third-order valence-electron chi connectivity index (χ3n) is 8.12. The van der Waals surface area contributed by atoms with Crippen LogP contribution in [0.3, 0.4) is 0 Å². The number of allylic oxidation sites excluding steroid dienone is 5. The van der Waals surface area contributed by atoms with Crippen LogP contribution in [-0.2, 0) is 5.41 Å². The third-order valence-corrected chi connectivity index (χ3v) is 8.12. The van der Waals surface area contributed by atoms with Crippen LogP contribution >= 0.6 is 0 Å². The molecule has 0 aliphatic heterocycles. The van der Waals surface area contributed by atoms with Crippen LogP contribution in [-0.4, -0.2) is 0 Å². The SMILES string of the molecule is FC(F)=C(F)C1=C(F)C(C(c2c(F)c(F)c(C(F)=C(F)F)c(F)c2F)(c2c(F)c(F)c(C(F)=C(F)F)c(F)c2F)c2c(F)c(F)c(C(F)=C(F)F)c(F)c2F)C(F)=C1F. The van der Waals surface area contributed by atoms with Crippen molar-refractivity contribution >= 4 is 17.5 Å². The van der Waals surface area contributed by atoms with E-state index in [1.807, 2.05) is 0 Å². The molecule has 0 heterocycles. The van der Waals surface area contributed by atoms with Crippen LogP contribution in [0, 0.1) is 75.7 Å². The van der Waals surface area contributed by atoms with Gasteiger partial charge in [-0.15, -0.1) is 0 Å². The van der Waals surface area contributed by atoms with Crippen LogP contribution in [0.25, 0.3) is 17.5 Å². The highest BCUT2D eigenvalue weighted by Gasteiger charge is 2.63. The van der Waals surface area contributed by atoms with Gasteiger partial charge in [-0.3, -0.25) is 0 Å². The second-order valence-corrected chi connectivity index (χ2v) is 10.9. The Hall–Kier alpha value is -5.79. The lowest BCUT2D eigenvalue weighted by molar-refractivity contribution is 0.279. The van der Waals surface area contributed by atoms with Crippen molar-refractivity contribution in [1.82, 2.24) is 0 Å². The summed E-state index contributed by atoms with van der Waals surface area (Å²) in [5.74, 6) is -80.8. The van der Waals surface area contributed by atoms with Gasteiger partial charge in [0, 0.05) is 16.7 Å². The highest BCUT2D eigenvalue weighted by molar-refractivity contribution is 5.70. The Morgan fingerprint density at radius 1 is 0.288 bits per heavy atom. The van der Waals surface area contributed by atoms with Crippen LogP contribution in [0.15, 0.2) is 53.2 Å². The minimum Gasteiger partial charge on any atom is -0.210 e. The Balaban J connectivity index is 2.71. The van der Waals surface area contributed by atoms with Crippen LogP contribution < -0.4 is 0 Å². The maximum Gasteiger partial charge on any atom is 0.306 e. The first-order chi connectivity index (χ1) is 27.1. The van der Waals surface area contributed by atoms with E-state index < -0.39 is 185 Å². The summed E-state index contributed by atoms with van der Waals surface area (Å²) in [6.45, 7) is 0. The molecule has 1 unspecified atom stereocenters. The summed E-state index contributed by atoms with van der Waals surface area (Å²) < 4.78 is 398. The van der Waals surface area contributed by atoms with E-state index in [-0.39, 0.29) is 0 Å². The van der Waals surface area contributed by atoms with Crippen molar-refractivity contribution in [2.24, 2.45) is 5.92 Å². The van der Waals surface area contributed by atoms with Crippen LogP contribution in [0.5, 0.6) is 0 Å². The first-order valence-corrected chi connectivity index (χ1v) is 14.0. The molecule has 3 aromatic carbocycles. The van der Waals surface area contributed by atoms with Crippen LogP contribution in [0.2, 0.25) is 0 Å². The van der Waals surface area contributed by atoms with Gasteiger partial charge in [0.05, 0.1) is 33.6 Å². The second-order valence-electron chi connectivity index (χ2n) is 10.9. The zero-order chi connectivity index (χ0) is 45.4. The number of halogens is 27. The molecule has 0 nitrogen and oxygen atoms in total. The van der Waals surface area contributed by atoms with Gasteiger partial charge in [-0.25, -0.2) is 83.4 Å². The maximum absolute atomic E-state index is 16.2. The van der Waals surface area contributed by atoms with Gasteiger partial charge in [0.15, 0.2) is 75.6 Å². The Bertz CT molecular complexity index is 2250. The Morgan fingerprint density at radius 2 is 0.508 bits per heavy atom. The Kier molecular flexibility index (Phi) is 12.3. The minimum absolute atomic E-state index is 3.44. The zero-order valence-corrected chi connectivity index (χ0v) is 26.3. The van der Waals surface area contributed by atoms with Gasteiger partial charge in [0.25, 0.3) is 0 Å². The lowest BCUT2D eigenvalue weighted by Crippen LogP contribution is -2.45. The van der Waals surface area contributed by atoms with E-state index in [9.17, 15) is 52.7 Å². The van der Waals surface area contributed by atoms with Gasteiger partial charge in [0.1, 0.15) is 11.7 Å². The van der Waals surface area contributed by atoms with Crippen molar-refractivity contribution in [3.8, 4) is 0 Å². The Morgan fingerprint density at radius 3 is 0.712 bits per heavy atom. The van der Waals surface area contributed by atoms with Crippen molar-refractivity contribution in [2.45, 2.75) is 5.41 Å². The number of rotatable bonds is 8. The molecule has 0 spiro atoms. The lowest BCUT2D eigenvalue weighted by atomic mass is 9.59. The predicted molar refractivity (Wildman–Crippen MR) is 141 cm³/mol. The molecular formula is C32HF27. The summed E-state index contributed by atoms with van der Waals surface area (Å²) in [7, 11) is 0. The van der Waals surface area contributed by atoms with E-state index in [1.165, 1.54) is 0 Å². The maximum atomic E-state index is 16.2. The summed E-state index contributed by atoms with van der Waals surface area (Å²) in [5, 5.41) is 0. The van der Waals surface area contributed by atoms with Gasteiger partial charge in [-0.1, -0.05) is 0 Å². The number of benzene rings is 3. The van der Waals surface area contributed by atoms with E-state index >= 15 is 65.9 Å². The fourth-order valence-electron chi connectivity index (χ4n) is 5.89. The summed E-state index contributed by atoms with van der Waals surface area (Å²) in [5.41, 5.74) is -32.5. The minimum atomic E-state index is -6.57. The fourth-order valence-corrected chi connectivity index (χ4v) is 5.89. The van der Waals surface area contributed by atoms with Crippen molar-refractivity contribution in [3.05, 3.63) is 156 Å². The van der Waals surface area contributed by atoms with E-state index in [0.717, 1.165) is 0 Å². The van der Waals surface area contributed by atoms with Crippen LogP contribution in [0.1, 0.15) is 33.4 Å². The molecule has 4 rings (SSSR count). The first kappa shape index (κ1) is 45.9. The molecule has 0 amide bonds. The van der Waals surface area contributed by atoms with Gasteiger partial charge in [-0.2, -0.15) is 35.1 Å². The van der Waals surface area contributed by atoms with E-state index in [0.29, 0.717) is 0 Å². The first-order valence-electron chi connectivity index (χ1n) is 14.0. The molecule has 3 aromatic rings. The molecule has 0 radical (unpaired) electrons. The van der Waals surface area contributed by atoms with E-state index in [2.05, 4.69) is 0 Å². The fraction of sp³-hybridized carbons (Fsp3) is 0.0625. The molecule has 0 N–H and O–H groups in total. The lowest BCUT2D eigenvalue weighted by Gasteiger charge is -2.41. The highest BCUT2D eigenvalue weighted by atomic mass is 19.3. The van der Waals surface area contributed by atoms with E-state index in [1.54, 1.807) is 0 Å². The van der Waals surface area contributed by atoms with E-state index in [4.69, 9.17) is 0 Å². The van der Waals surface area contributed by atoms with Gasteiger partial charge >= 0.3 is 24.3 Å². The summed E-state index contributed by atoms with van der Waals surface area (Å²) in [6.07, 6.45) is -16.1. The predicted octanol–water partition coefficient (Wildman–Crippen LogP) is 14.4. The molecule has 0 fully saturated rings. The van der Waals surface area contributed by atoms with Crippen molar-refractivity contribution in [2.75, 3.05) is 0 Å². The molecular weight excluding hydrogens is 897 g/mol. The molecule has 1 aliphatic carbocycles. The topological polar surface area (TPSA) is 0 Å². The van der Waals surface area contributed by atoms with Crippen molar-refractivity contribution in [1.29, 1.82) is 0 Å². The summed E-state index contributed by atoms with van der Waals surface area (Å²) >= 11 is 0. The van der Waals surface area contributed by atoms with Gasteiger partial charge in [0.2, 0.25) is 23.3 Å². The normalized spacial score (nSPS) is 14.4. The largest absolute Gasteiger partial charge is 0.306 e. The molecule has 0 bridgehead atoms. The average molecular weight is 898 g/mol. The quantitative estimate of drug-likeness (QED) is 0.120. The van der Waals surface area contributed by atoms with Crippen LogP contribution in [0.4, 0.5) is 119 Å². The number of hydrogen-bond acceptors (Lipinski definition) is 0. The van der Waals surface area contributed by atoms with Crippen molar-refractivity contribution < 1.29 is 119 Å². The molecule has 1 aliphatic rings. The van der Waals surface area contributed by atoms with Gasteiger partial charge < -0.3 is 0 Å². The third kappa shape index (κ3) is 6.51. The standard InChI is InChI=1S/C32HF27/c33-9-1(17(41)28(52)53)10(34)21(45)5(9)32(6-22(46)11(35)2(12(36)23(6)47)18(42)29(54)55,7-24(48)13(37)3(14(38)25(7)49)19(43)30(56)57)8-26(50)15(39)4(16(40)27(8)51)20(44)31(58)59/h5H. The average Bonchev–Trinajstić information content (AvgIpc) is 3.37. The number of hydrogen-bond donors (Lipinski definition) is 0. The van der Waals surface area contributed by atoms with Crippen molar-refractivity contribution in [3.63, 3.8) is 0 Å². The summed E-state index contributed by atoms with van der Waals surface area (Å²) in [4.78, 5) is 0. The monoisotopic (exact) mass is 898 g/mol. The smallest absolute Gasteiger partial charge is 0.210 e. The molecule has 0 saturated heterocycles. The molecule has 0 aromatic heterocycles. The molecule has 318 valence electrons.